The summed E-state index contributed by atoms with van der Waals surface area (Å²) in [5.74, 6) is 0.125. The molecule has 6 nitrogen and oxygen atoms in total. The topological polar surface area (TPSA) is 65.5 Å². The molecule has 3 heterocycles. The lowest BCUT2D eigenvalue weighted by Gasteiger charge is -2.39. The van der Waals surface area contributed by atoms with E-state index < -0.39 is 0 Å². The Kier molecular flexibility index (Phi) is 4.91. The minimum Gasteiger partial charge on any atom is -0.338 e. The number of carbonyl (C=O) groups is 2. The third-order valence-electron chi connectivity index (χ3n) is 4.77. The highest BCUT2D eigenvalue weighted by molar-refractivity contribution is 5.94. The maximum Gasteiger partial charge on any atom is 0.253 e. The molecule has 0 spiro atoms. The van der Waals surface area contributed by atoms with Crippen LogP contribution in [0.1, 0.15) is 30.1 Å². The molecule has 0 aliphatic carbocycles. The van der Waals surface area contributed by atoms with E-state index in [1.165, 1.54) is 0 Å². The van der Waals surface area contributed by atoms with Crippen molar-refractivity contribution in [3.8, 4) is 0 Å². The van der Waals surface area contributed by atoms with Gasteiger partial charge in [0.25, 0.3) is 5.91 Å². The highest BCUT2D eigenvalue weighted by Crippen LogP contribution is 2.22. The van der Waals surface area contributed by atoms with Gasteiger partial charge in [0.15, 0.2) is 0 Å². The Hall–Kier alpha value is -1.95. The van der Waals surface area contributed by atoms with Crippen LogP contribution < -0.4 is 5.32 Å². The molecule has 1 aromatic heterocycles. The molecule has 0 radical (unpaired) electrons. The molecule has 2 unspecified atom stereocenters. The Bertz CT molecular complexity index is 563. The van der Waals surface area contributed by atoms with Gasteiger partial charge in [-0.3, -0.25) is 14.6 Å². The van der Waals surface area contributed by atoms with Crippen LogP contribution >= 0.6 is 0 Å². The van der Waals surface area contributed by atoms with Crippen LogP contribution in [0.4, 0.5) is 0 Å². The number of nitrogens with one attached hydrogen (secondary N) is 1. The summed E-state index contributed by atoms with van der Waals surface area (Å²) < 4.78 is 0. The quantitative estimate of drug-likeness (QED) is 0.874. The van der Waals surface area contributed by atoms with Crippen molar-refractivity contribution in [2.24, 2.45) is 5.92 Å². The van der Waals surface area contributed by atoms with E-state index in [4.69, 9.17) is 0 Å². The summed E-state index contributed by atoms with van der Waals surface area (Å²) in [6.07, 6.45) is 5.01. The largest absolute Gasteiger partial charge is 0.338 e. The molecule has 23 heavy (non-hydrogen) atoms. The molecule has 0 saturated carbocycles. The Morgan fingerprint density at radius 3 is 2.78 bits per heavy atom. The fourth-order valence-corrected chi connectivity index (χ4v) is 3.44. The van der Waals surface area contributed by atoms with Crippen LogP contribution in [-0.2, 0) is 4.79 Å². The van der Waals surface area contributed by atoms with E-state index in [0.29, 0.717) is 12.1 Å². The molecule has 2 aliphatic rings. The average molecular weight is 316 g/mol. The van der Waals surface area contributed by atoms with Crippen molar-refractivity contribution in [3.05, 3.63) is 30.1 Å². The summed E-state index contributed by atoms with van der Waals surface area (Å²) in [5.41, 5.74) is 0.642. The predicted molar refractivity (Wildman–Crippen MR) is 86.9 cm³/mol. The van der Waals surface area contributed by atoms with Crippen LogP contribution in [0, 0.1) is 5.92 Å². The maximum absolute atomic E-state index is 12.8. The summed E-state index contributed by atoms with van der Waals surface area (Å²) in [7, 11) is 0. The van der Waals surface area contributed by atoms with Crippen molar-refractivity contribution in [1.29, 1.82) is 0 Å². The van der Waals surface area contributed by atoms with Gasteiger partial charge in [-0.05, 0) is 31.9 Å². The summed E-state index contributed by atoms with van der Waals surface area (Å²) >= 11 is 0. The van der Waals surface area contributed by atoms with Crippen molar-refractivity contribution in [1.82, 2.24) is 20.1 Å². The first kappa shape index (κ1) is 15.9. The molecule has 2 amide bonds. The molecule has 1 aromatic rings. The van der Waals surface area contributed by atoms with Gasteiger partial charge in [0.2, 0.25) is 5.91 Å². The van der Waals surface area contributed by atoms with E-state index in [0.717, 1.165) is 39.0 Å². The lowest BCUT2D eigenvalue weighted by Crippen LogP contribution is -2.55. The van der Waals surface area contributed by atoms with Gasteiger partial charge in [0.05, 0.1) is 5.92 Å². The Morgan fingerprint density at radius 2 is 2.04 bits per heavy atom. The third-order valence-corrected chi connectivity index (χ3v) is 4.77. The fourth-order valence-electron chi connectivity index (χ4n) is 3.44. The summed E-state index contributed by atoms with van der Waals surface area (Å²) in [5, 5.41) is 3.31. The summed E-state index contributed by atoms with van der Waals surface area (Å²) in [4.78, 5) is 33.1. The first-order valence-corrected chi connectivity index (χ1v) is 8.37. The number of piperidine rings is 1. The first-order valence-electron chi connectivity index (χ1n) is 8.37. The van der Waals surface area contributed by atoms with Gasteiger partial charge >= 0.3 is 0 Å². The summed E-state index contributed by atoms with van der Waals surface area (Å²) in [6, 6.07) is 3.68. The van der Waals surface area contributed by atoms with Gasteiger partial charge in [-0.1, -0.05) is 0 Å². The van der Waals surface area contributed by atoms with Crippen molar-refractivity contribution in [3.63, 3.8) is 0 Å². The Labute approximate surface area is 136 Å². The predicted octanol–water partition coefficient (Wildman–Crippen LogP) is 0.754. The zero-order valence-corrected chi connectivity index (χ0v) is 13.6. The van der Waals surface area contributed by atoms with Crippen molar-refractivity contribution >= 4 is 11.8 Å². The maximum atomic E-state index is 12.8. The van der Waals surface area contributed by atoms with Crippen LogP contribution in [0.3, 0.4) is 0 Å². The molecular formula is C17H24N4O2. The third kappa shape index (κ3) is 3.52. The van der Waals surface area contributed by atoms with Crippen LogP contribution in [0.25, 0.3) is 0 Å². The second-order valence-corrected chi connectivity index (χ2v) is 6.41. The number of likely N-dealkylation sites (tertiary alicyclic amines) is 1. The number of hydrogen-bond acceptors (Lipinski definition) is 4. The number of amides is 2. The number of carbonyl (C=O) groups excluding carboxylic acids is 2. The van der Waals surface area contributed by atoms with Crippen molar-refractivity contribution in [2.75, 3.05) is 32.7 Å². The van der Waals surface area contributed by atoms with E-state index in [1.807, 2.05) is 9.80 Å². The fraction of sp³-hybridized carbons (Fsp3) is 0.588. The zero-order chi connectivity index (χ0) is 16.2. The Morgan fingerprint density at radius 1 is 1.26 bits per heavy atom. The molecule has 124 valence electrons. The van der Waals surface area contributed by atoms with Gasteiger partial charge in [-0.2, -0.15) is 0 Å². The molecule has 0 aromatic carbocycles. The molecule has 6 heteroatoms. The standard InChI is InChI=1S/C17H24N4O2/c1-13-11-19-8-10-21(13)17(23)15-3-2-9-20(12-15)16(22)14-4-6-18-7-5-14/h4-7,13,15,19H,2-3,8-12H2,1H3. The first-order chi connectivity index (χ1) is 11.2. The Balaban J connectivity index is 1.66. The van der Waals surface area contributed by atoms with Crippen LogP contribution in [0.15, 0.2) is 24.5 Å². The number of nitrogens with zero attached hydrogens (tertiary/aromatic N) is 3. The second-order valence-electron chi connectivity index (χ2n) is 6.41. The highest BCUT2D eigenvalue weighted by atomic mass is 16.2. The molecule has 2 atom stereocenters. The van der Waals surface area contributed by atoms with E-state index >= 15 is 0 Å². The zero-order valence-electron chi connectivity index (χ0n) is 13.6. The van der Waals surface area contributed by atoms with Crippen LogP contribution in [0.2, 0.25) is 0 Å². The molecule has 1 N–H and O–H groups in total. The number of rotatable bonds is 2. The second kappa shape index (κ2) is 7.08. The van der Waals surface area contributed by atoms with E-state index in [-0.39, 0.29) is 23.8 Å². The molecule has 3 rings (SSSR count). The minimum absolute atomic E-state index is 0.00161. The molecule has 0 bridgehead atoms. The average Bonchev–Trinajstić information content (AvgIpc) is 2.62. The van der Waals surface area contributed by atoms with E-state index in [9.17, 15) is 9.59 Å². The normalized spacial score (nSPS) is 25.3. The lowest BCUT2D eigenvalue weighted by atomic mass is 9.95. The molecule has 2 fully saturated rings. The number of hydrogen-bond donors (Lipinski definition) is 1. The van der Waals surface area contributed by atoms with Crippen LogP contribution in [0.5, 0.6) is 0 Å². The highest BCUT2D eigenvalue weighted by Gasteiger charge is 2.33. The van der Waals surface area contributed by atoms with E-state index in [2.05, 4.69) is 17.2 Å². The molecule has 2 aliphatic heterocycles. The van der Waals surface area contributed by atoms with Crippen molar-refractivity contribution in [2.45, 2.75) is 25.8 Å². The van der Waals surface area contributed by atoms with E-state index in [1.54, 1.807) is 24.5 Å². The monoisotopic (exact) mass is 316 g/mol. The molecular weight excluding hydrogens is 292 g/mol. The smallest absolute Gasteiger partial charge is 0.253 e. The van der Waals surface area contributed by atoms with Gasteiger partial charge in [-0.25, -0.2) is 0 Å². The van der Waals surface area contributed by atoms with Gasteiger partial charge in [-0.15, -0.1) is 0 Å². The number of aromatic nitrogens is 1. The van der Waals surface area contributed by atoms with Gasteiger partial charge in [0, 0.05) is 56.7 Å². The van der Waals surface area contributed by atoms with Gasteiger partial charge < -0.3 is 15.1 Å². The summed E-state index contributed by atoms with van der Waals surface area (Å²) in [6.45, 7) is 5.78. The number of piperazine rings is 1. The number of pyridine rings is 1. The SMILES string of the molecule is CC1CNCCN1C(=O)C1CCCN(C(=O)c2ccncc2)C1. The van der Waals surface area contributed by atoms with Crippen LogP contribution in [-0.4, -0.2) is 65.4 Å². The minimum atomic E-state index is -0.0740. The van der Waals surface area contributed by atoms with Crippen molar-refractivity contribution < 1.29 is 9.59 Å². The molecule has 2 saturated heterocycles. The van der Waals surface area contributed by atoms with Gasteiger partial charge in [0.1, 0.15) is 0 Å². The lowest BCUT2D eigenvalue weighted by molar-refractivity contribution is -0.139.